The Bertz CT molecular complexity index is 1420. The molecule has 39 heavy (non-hydrogen) atoms. The molecular formula is C29H33N7O3. The molecule has 0 spiro atoms. The number of carbonyl (C=O) groups excluding carboxylic acids is 1. The van der Waals surface area contributed by atoms with Crippen LogP contribution < -0.4 is 15.4 Å². The number of amides is 1. The number of imidazole rings is 1. The summed E-state index contributed by atoms with van der Waals surface area (Å²) in [5.74, 6) is 1.73. The molecule has 2 N–H and O–H groups in total. The summed E-state index contributed by atoms with van der Waals surface area (Å²) < 4.78 is 12.9. The van der Waals surface area contributed by atoms with Gasteiger partial charge in [-0.3, -0.25) is 4.79 Å². The number of methoxy groups -OCH3 is 1. The van der Waals surface area contributed by atoms with Gasteiger partial charge in [-0.05, 0) is 36.6 Å². The van der Waals surface area contributed by atoms with Crippen LogP contribution in [0.5, 0.6) is 5.75 Å². The Morgan fingerprint density at radius 2 is 2.03 bits per heavy atom. The highest BCUT2D eigenvalue weighted by Crippen LogP contribution is 2.29. The molecule has 2 aromatic carbocycles. The number of ether oxygens (including phenoxy) is 2. The van der Waals surface area contributed by atoms with Gasteiger partial charge in [-0.15, -0.1) is 0 Å². The van der Waals surface area contributed by atoms with Crippen molar-refractivity contribution in [1.29, 1.82) is 0 Å². The number of likely N-dealkylation sites (tertiary alicyclic amines) is 1. The summed E-state index contributed by atoms with van der Waals surface area (Å²) in [7, 11) is 1.64. The molecule has 1 saturated heterocycles. The molecule has 1 aliphatic rings. The first-order valence-corrected chi connectivity index (χ1v) is 13.1. The summed E-state index contributed by atoms with van der Waals surface area (Å²) in [6.45, 7) is 6.51. The largest absolute Gasteiger partial charge is 0.491 e. The van der Waals surface area contributed by atoms with Crippen LogP contribution in [0.15, 0.2) is 73.6 Å². The van der Waals surface area contributed by atoms with E-state index in [1.54, 1.807) is 13.4 Å². The molecule has 1 aliphatic heterocycles. The van der Waals surface area contributed by atoms with Crippen molar-refractivity contribution in [2.24, 2.45) is 0 Å². The highest BCUT2D eigenvalue weighted by Gasteiger charge is 2.26. The molecule has 3 heterocycles. The summed E-state index contributed by atoms with van der Waals surface area (Å²) in [6, 6.07) is 17.8. The van der Waals surface area contributed by atoms with Gasteiger partial charge in [0, 0.05) is 38.5 Å². The lowest BCUT2D eigenvalue weighted by Crippen LogP contribution is -2.39. The Kier molecular flexibility index (Phi) is 8.33. The lowest BCUT2D eigenvalue weighted by Gasteiger charge is -2.32. The number of hydrogen-bond donors (Lipinski definition) is 2. The molecule has 0 saturated carbocycles. The number of anilines is 3. The van der Waals surface area contributed by atoms with Gasteiger partial charge >= 0.3 is 0 Å². The monoisotopic (exact) mass is 527 g/mol. The topological polar surface area (TPSA) is 106 Å². The van der Waals surface area contributed by atoms with E-state index in [9.17, 15) is 4.79 Å². The third-order valence-corrected chi connectivity index (χ3v) is 6.65. The minimum absolute atomic E-state index is 0.0508. The zero-order chi connectivity index (χ0) is 27.0. The van der Waals surface area contributed by atoms with Crippen molar-refractivity contribution in [3.63, 3.8) is 0 Å². The zero-order valence-corrected chi connectivity index (χ0v) is 22.0. The molecule has 10 nitrogen and oxygen atoms in total. The highest BCUT2D eigenvalue weighted by atomic mass is 16.5. The molecule has 1 fully saturated rings. The van der Waals surface area contributed by atoms with Crippen molar-refractivity contribution in [2.45, 2.75) is 25.4 Å². The highest BCUT2D eigenvalue weighted by molar-refractivity contribution is 5.87. The molecule has 4 aromatic rings. The summed E-state index contributed by atoms with van der Waals surface area (Å²) >= 11 is 0. The number of nitrogens with one attached hydrogen (secondary N) is 2. The van der Waals surface area contributed by atoms with Crippen LogP contribution in [0, 0.1) is 0 Å². The third kappa shape index (κ3) is 6.35. The molecule has 0 aliphatic carbocycles. The van der Waals surface area contributed by atoms with Crippen molar-refractivity contribution in [1.82, 2.24) is 24.4 Å². The molecule has 5 rings (SSSR count). The van der Waals surface area contributed by atoms with Gasteiger partial charge in [-0.1, -0.05) is 43.0 Å². The number of piperidine rings is 1. The van der Waals surface area contributed by atoms with Crippen LogP contribution in [0.2, 0.25) is 0 Å². The maximum Gasteiger partial charge on any atom is 0.246 e. The second kappa shape index (κ2) is 12.4. The summed E-state index contributed by atoms with van der Waals surface area (Å²) in [5, 5.41) is 6.77. The van der Waals surface area contributed by atoms with Gasteiger partial charge in [-0.2, -0.15) is 9.97 Å². The van der Waals surface area contributed by atoms with Gasteiger partial charge < -0.3 is 29.6 Å². The van der Waals surface area contributed by atoms with Crippen LogP contribution in [-0.2, 0) is 16.1 Å². The number of carbonyl (C=O) groups is 1. The normalized spacial score (nSPS) is 15.2. The fraction of sp³-hybridized carbons (Fsp3) is 0.310. The SMILES string of the molecule is C=CC(=O)N1CCC[C@H](n2cnc3c(NCc4ccccc4)nc(Nc4cccc(OCCOC)c4)nc32)C1. The maximum atomic E-state index is 12.3. The van der Waals surface area contributed by atoms with Crippen LogP contribution in [0.1, 0.15) is 24.4 Å². The number of hydrogen-bond acceptors (Lipinski definition) is 8. The van der Waals surface area contributed by atoms with Crippen molar-refractivity contribution in [2.75, 3.05) is 44.0 Å². The Labute approximate surface area is 227 Å². The van der Waals surface area contributed by atoms with E-state index in [1.807, 2.05) is 47.4 Å². The third-order valence-electron chi connectivity index (χ3n) is 6.65. The van der Waals surface area contributed by atoms with Crippen LogP contribution in [-0.4, -0.2) is 63.7 Å². The second-order valence-corrected chi connectivity index (χ2v) is 9.34. The van der Waals surface area contributed by atoms with E-state index in [0.717, 1.165) is 36.4 Å². The minimum Gasteiger partial charge on any atom is -0.491 e. The minimum atomic E-state index is -0.0566. The Morgan fingerprint density at radius 3 is 2.85 bits per heavy atom. The number of fused-ring (bicyclic) bond motifs is 1. The molecule has 0 unspecified atom stereocenters. The van der Waals surface area contributed by atoms with E-state index < -0.39 is 0 Å². The molecule has 202 valence electrons. The number of benzene rings is 2. The van der Waals surface area contributed by atoms with Crippen LogP contribution in [0.4, 0.5) is 17.5 Å². The van der Waals surface area contributed by atoms with Gasteiger partial charge in [0.1, 0.15) is 12.4 Å². The first-order valence-electron chi connectivity index (χ1n) is 13.1. The van der Waals surface area contributed by atoms with Gasteiger partial charge in [0.15, 0.2) is 17.0 Å². The first-order chi connectivity index (χ1) is 19.1. The Hall–Kier alpha value is -4.44. The van der Waals surface area contributed by atoms with E-state index >= 15 is 0 Å². The van der Waals surface area contributed by atoms with Crippen molar-refractivity contribution < 1.29 is 14.3 Å². The predicted octanol–water partition coefficient (Wildman–Crippen LogP) is 4.56. The molecule has 0 radical (unpaired) electrons. The van der Waals surface area contributed by atoms with Gasteiger partial charge in [0.25, 0.3) is 0 Å². The van der Waals surface area contributed by atoms with E-state index in [-0.39, 0.29) is 11.9 Å². The van der Waals surface area contributed by atoms with Crippen LogP contribution >= 0.6 is 0 Å². The number of aromatic nitrogens is 4. The summed E-state index contributed by atoms with van der Waals surface area (Å²) in [4.78, 5) is 28.5. The molecule has 2 aromatic heterocycles. The smallest absolute Gasteiger partial charge is 0.246 e. The van der Waals surface area contributed by atoms with Crippen LogP contribution in [0.25, 0.3) is 11.2 Å². The van der Waals surface area contributed by atoms with Gasteiger partial charge in [0.2, 0.25) is 11.9 Å². The van der Waals surface area contributed by atoms with Crippen molar-refractivity contribution in [3.05, 3.63) is 79.1 Å². The quantitative estimate of drug-likeness (QED) is 0.216. The van der Waals surface area contributed by atoms with Gasteiger partial charge in [0.05, 0.1) is 19.0 Å². The molecule has 0 bridgehead atoms. The van der Waals surface area contributed by atoms with Gasteiger partial charge in [-0.25, -0.2) is 4.98 Å². The molecular weight excluding hydrogens is 494 g/mol. The van der Waals surface area contributed by atoms with E-state index in [0.29, 0.717) is 49.2 Å². The Balaban J connectivity index is 1.46. The predicted molar refractivity (Wildman–Crippen MR) is 151 cm³/mol. The summed E-state index contributed by atoms with van der Waals surface area (Å²) in [5.41, 5.74) is 3.31. The maximum absolute atomic E-state index is 12.3. The van der Waals surface area contributed by atoms with E-state index in [2.05, 4.69) is 33.9 Å². The standard InChI is InChI=1S/C29H33N7O3/c1-3-25(37)35-14-8-12-23(19-35)36-20-31-26-27(30-18-21-9-5-4-6-10-21)33-29(34-28(26)36)32-22-11-7-13-24(17-22)39-16-15-38-2/h3-7,9-11,13,17,20,23H,1,8,12,14-16,18-19H2,2H3,(H2,30,32,33,34)/t23-/m0/s1. The molecule has 1 amide bonds. The second-order valence-electron chi connectivity index (χ2n) is 9.34. The fourth-order valence-electron chi connectivity index (χ4n) is 4.69. The lowest BCUT2D eigenvalue weighted by atomic mass is 10.1. The Morgan fingerprint density at radius 1 is 1.15 bits per heavy atom. The lowest BCUT2D eigenvalue weighted by molar-refractivity contribution is -0.127. The average Bonchev–Trinajstić information content (AvgIpc) is 3.41. The average molecular weight is 528 g/mol. The number of rotatable bonds is 11. The zero-order valence-electron chi connectivity index (χ0n) is 22.0. The fourth-order valence-corrected chi connectivity index (χ4v) is 4.69. The van der Waals surface area contributed by atoms with Crippen molar-refractivity contribution >= 4 is 34.5 Å². The molecule has 10 heteroatoms. The first kappa shape index (κ1) is 26.2. The van der Waals surface area contributed by atoms with Crippen LogP contribution in [0.3, 0.4) is 0 Å². The summed E-state index contributed by atoms with van der Waals surface area (Å²) in [6.07, 6.45) is 4.99. The molecule has 1 atom stereocenters. The van der Waals surface area contributed by atoms with E-state index in [1.165, 1.54) is 6.08 Å². The number of nitrogens with zero attached hydrogens (tertiary/aromatic N) is 5. The van der Waals surface area contributed by atoms with Crippen molar-refractivity contribution in [3.8, 4) is 5.75 Å². The van der Waals surface area contributed by atoms with E-state index in [4.69, 9.17) is 24.4 Å².